The van der Waals surface area contributed by atoms with Gasteiger partial charge in [-0.3, -0.25) is 9.59 Å². The molecule has 0 aliphatic heterocycles. The monoisotopic (exact) mass is 366 g/mol. The largest absolute Gasteiger partial charge is 0.478 e. The van der Waals surface area contributed by atoms with E-state index in [0.717, 1.165) is 0 Å². The topological polar surface area (TPSA) is 99.3 Å². The first-order chi connectivity index (χ1) is 12.9. The van der Waals surface area contributed by atoms with Crippen LogP contribution in [0.15, 0.2) is 53.3 Å². The predicted molar refractivity (Wildman–Crippen MR) is 101 cm³/mol. The number of aromatic carboxylic acids is 1. The number of halogens is 1. The molecular formula is C20H15FN2O4. The molecule has 2 aromatic carbocycles. The second-order valence-corrected chi connectivity index (χ2v) is 5.81. The molecule has 3 rings (SSSR count). The van der Waals surface area contributed by atoms with Crippen molar-refractivity contribution in [2.24, 2.45) is 0 Å². The van der Waals surface area contributed by atoms with Gasteiger partial charge < -0.3 is 15.4 Å². The van der Waals surface area contributed by atoms with Crippen LogP contribution in [0.25, 0.3) is 17.0 Å². The van der Waals surface area contributed by atoms with Gasteiger partial charge in [-0.1, -0.05) is 18.2 Å². The number of hydrogen-bond donors (Lipinski definition) is 3. The molecule has 7 heteroatoms. The van der Waals surface area contributed by atoms with E-state index in [2.05, 4.69) is 10.3 Å². The molecule has 3 N–H and O–H groups in total. The molecular weight excluding hydrogens is 351 g/mol. The van der Waals surface area contributed by atoms with Gasteiger partial charge in [-0.25, -0.2) is 9.18 Å². The van der Waals surface area contributed by atoms with Gasteiger partial charge in [0, 0.05) is 12.4 Å². The molecule has 0 aliphatic rings. The summed E-state index contributed by atoms with van der Waals surface area (Å²) < 4.78 is 13.7. The maximum atomic E-state index is 13.7. The third kappa shape index (κ3) is 3.77. The number of fused-ring (bicyclic) bond motifs is 1. The maximum absolute atomic E-state index is 13.7. The molecule has 136 valence electrons. The summed E-state index contributed by atoms with van der Waals surface area (Å²) in [7, 11) is 1.60. The van der Waals surface area contributed by atoms with E-state index in [-0.39, 0.29) is 11.1 Å². The Hall–Kier alpha value is -3.74. The minimum atomic E-state index is -1.08. The lowest BCUT2D eigenvalue weighted by molar-refractivity contribution is 0.0696. The van der Waals surface area contributed by atoms with Gasteiger partial charge >= 0.3 is 5.97 Å². The van der Waals surface area contributed by atoms with E-state index in [0.29, 0.717) is 22.2 Å². The minimum Gasteiger partial charge on any atom is -0.478 e. The van der Waals surface area contributed by atoms with Crippen LogP contribution >= 0.6 is 0 Å². The number of ketones is 1. The number of anilines is 1. The Morgan fingerprint density at radius 2 is 1.96 bits per heavy atom. The summed E-state index contributed by atoms with van der Waals surface area (Å²) in [6, 6.07) is 9.83. The number of allylic oxidation sites excluding steroid dienone is 1. The third-order valence-electron chi connectivity index (χ3n) is 4.01. The number of benzene rings is 2. The van der Waals surface area contributed by atoms with E-state index in [1.54, 1.807) is 19.2 Å². The zero-order valence-corrected chi connectivity index (χ0v) is 14.2. The molecule has 0 fully saturated rings. The molecule has 0 saturated heterocycles. The molecule has 0 radical (unpaired) electrons. The highest BCUT2D eigenvalue weighted by Gasteiger charge is 2.12. The molecule has 0 bridgehead atoms. The van der Waals surface area contributed by atoms with Gasteiger partial charge in [-0.2, -0.15) is 0 Å². The highest BCUT2D eigenvalue weighted by molar-refractivity contribution is 6.08. The van der Waals surface area contributed by atoms with Crippen molar-refractivity contribution >= 4 is 34.4 Å². The fourth-order valence-electron chi connectivity index (χ4n) is 2.70. The first kappa shape index (κ1) is 18.1. The van der Waals surface area contributed by atoms with E-state index in [1.165, 1.54) is 42.5 Å². The van der Waals surface area contributed by atoms with Gasteiger partial charge in [-0.05, 0) is 42.0 Å². The highest BCUT2D eigenvalue weighted by Crippen LogP contribution is 2.22. The average Bonchev–Trinajstić information content (AvgIpc) is 2.65. The number of carbonyl (C=O) groups is 2. The number of nitrogens with one attached hydrogen (secondary N) is 2. The summed E-state index contributed by atoms with van der Waals surface area (Å²) in [6.45, 7) is 0. The summed E-state index contributed by atoms with van der Waals surface area (Å²) in [5.41, 5.74) is 0.660. The van der Waals surface area contributed by atoms with Crippen LogP contribution in [0.3, 0.4) is 0 Å². The molecule has 0 spiro atoms. The van der Waals surface area contributed by atoms with Crippen LogP contribution in [-0.4, -0.2) is 28.9 Å². The lowest BCUT2D eigenvalue weighted by Gasteiger charge is -2.07. The zero-order chi connectivity index (χ0) is 19.6. The zero-order valence-electron chi connectivity index (χ0n) is 14.2. The number of carboxylic acid groups (broad SMARTS) is 1. The molecule has 1 aromatic heterocycles. The molecule has 0 amide bonds. The lowest BCUT2D eigenvalue weighted by atomic mass is 10.1. The first-order valence-corrected chi connectivity index (χ1v) is 7.99. The SMILES string of the molecule is CNc1cc(F)cc2cc(C(=O)C=Cc3cccc(C(=O)O)c3)c(=O)[nH]c12. The van der Waals surface area contributed by atoms with Crippen LogP contribution in [0.1, 0.15) is 26.3 Å². The number of aromatic nitrogens is 1. The number of carboxylic acids is 1. The van der Waals surface area contributed by atoms with Crippen molar-refractivity contribution in [1.82, 2.24) is 4.98 Å². The van der Waals surface area contributed by atoms with Crippen LogP contribution in [-0.2, 0) is 0 Å². The van der Waals surface area contributed by atoms with E-state index in [9.17, 15) is 18.8 Å². The van der Waals surface area contributed by atoms with Crippen molar-refractivity contribution in [1.29, 1.82) is 0 Å². The maximum Gasteiger partial charge on any atom is 0.335 e. The predicted octanol–water partition coefficient (Wildman–Crippen LogP) is 3.30. The molecule has 0 unspecified atom stereocenters. The average molecular weight is 366 g/mol. The van der Waals surface area contributed by atoms with Gasteiger partial charge in [0.05, 0.1) is 22.3 Å². The van der Waals surface area contributed by atoms with E-state index >= 15 is 0 Å². The smallest absolute Gasteiger partial charge is 0.335 e. The Bertz CT molecular complexity index is 1150. The summed E-state index contributed by atoms with van der Waals surface area (Å²) in [4.78, 5) is 38.3. The minimum absolute atomic E-state index is 0.0863. The Kier molecular flexibility index (Phi) is 4.85. The van der Waals surface area contributed by atoms with Crippen LogP contribution in [0, 0.1) is 5.82 Å². The fraction of sp³-hybridized carbons (Fsp3) is 0.0500. The van der Waals surface area contributed by atoms with Gasteiger partial charge in [0.15, 0.2) is 5.78 Å². The molecule has 6 nitrogen and oxygen atoms in total. The van der Waals surface area contributed by atoms with E-state index in [1.807, 2.05) is 0 Å². The van der Waals surface area contributed by atoms with Gasteiger partial charge in [0.25, 0.3) is 5.56 Å². The fourth-order valence-corrected chi connectivity index (χ4v) is 2.70. The van der Waals surface area contributed by atoms with Crippen LogP contribution < -0.4 is 10.9 Å². The number of pyridine rings is 1. The summed E-state index contributed by atoms with van der Waals surface area (Å²) in [5, 5.41) is 12.2. The molecule has 1 heterocycles. The molecule has 0 saturated carbocycles. The van der Waals surface area contributed by atoms with Crippen molar-refractivity contribution in [2.75, 3.05) is 12.4 Å². The quantitative estimate of drug-likeness (QED) is 0.475. The number of hydrogen-bond acceptors (Lipinski definition) is 4. The molecule has 3 aromatic rings. The van der Waals surface area contributed by atoms with Crippen molar-refractivity contribution in [3.05, 3.63) is 81.4 Å². The second-order valence-electron chi connectivity index (χ2n) is 5.81. The Labute approximate surface area is 153 Å². The van der Waals surface area contributed by atoms with Crippen molar-refractivity contribution < 1.29 is 19.1 Å². The Morgan fingerprint density at radius 3 is 2.67 bits per heavy atom. The number of aromatic amines is 1. The van der Waals surface area contributed by atoms with Crippen LogP contribution in [0.4, 0.5) is 10.1 Å². The number of H-pyrrole nitrogens is 1. The summed E-state index contributed by atoms with van der Waals surface area (Å²) >= 11 is 0. The summed E-state index contributed by atoms with van der Waals surface area (Å²) in [5.74, 6) is -2.16. The van der Waals surface area contributed by atoms with Crippen molar-refractivity contribution in [2.45, 2.75) is 0 Å². The Balaban J connectivity index is 1.98. The molecule has 0 atom stereocenters. The van der Waals surface area contributed by atoms with Gasteiger partial charge in [0.2, 0.25) is 0 Å². The van der Waals surface area contributed by atoms with Crippen molar-refractivity contribution in [3.8, 4) is 0 Å². The lowest BCUT2D eigenvalue weighted by Crippen LogP contribution is -2.16. The van der Waals surface area contributed by atoms with Crippen LogP contribution in [0.5, 0.6) is 0 Å². The molecule has 0 aliphatic carbocycles. The summed E-state index contributed by atoms with van der Waals surface area (Å²) in [6.07, 6.45) is 2.60. The second kappa shape index (κ2) is 7.25. The third-order valence-corrected chi connectivity index (χ3v) is 4.01. The van der Waals surface area contributed by atoms with Gasteiger partial charge in [0.1, 0.15) is 5.82 Å². The van der Waals surface area contributed by atoms with Crippen molar-refractivity contribution in [3.63, 3.8) is 0 Å². The van der Waals surface area contributed by atoms with E-state index < -0.39 is 23.1 Å². The van der Waals surface area contributed by atoms with Gasteiger partial charge in [-0.15, -0.1) is 0 Å². The number of carbonyl (C=O) groups excluding carboxylic acids is 1. The highest BCUT2D eigenvalue weighted by atomic mass is 19.1. The first-order valence-electron chi connectivity index (χ1n) is 7.99. The van der Waals surface area contributed by atoms with Crippen LogP contribution in [0.2, 0.25) is 0 Å². The normalized spacial score (nSPS) is 11.0. The number of rotatable bonds is 5. The standard InChI is InChI=1S/C20H15FN2O4/c1-22-16-10-14(21)8-13-9-15(19(25)23-18(13)16)17(24)6-5-11-3-2-4-12(7-11)20(26)27/h2-10,22H,1H3,(H,23,25)(H,26,27). The Morgan fingerprint density at radius 1 is 1.19 bits per heavy atom. The van der Waals surface area contributed by atoms with E-state index in [4.69, 9.17) is 5.11 Å². The molecule has 27 heavy (non-hydrogen) atoms.